The van der Waals surface area contributed by atoms with Crippen molar-refractivity contribution in [3.63, 3.8) is 0 Å². The first kappa shape index (κ1) is 13.6. The molecule has 2 rings (SSSR count). The Labute approximate surface area is 110 Å². The predicted octanol–water partition coefficient (Wildman–Crippen LogP) is 0.683. The third-order valence-electron chi connectivity index (χ3n) is 2.93. The van der Waals surface area contributed by atoms with Crippen molar-refractivity contribution in [3.05, 3.63) is 23.8 Å². The van der Waals surface area contributed by atoms with Gasteiger partial charge < -0.3 is 25.4 Å². The fourth-order valence-corrected chi connectivity index (χ4v) is 1.92. The second-order valence-electron chi connectivity index (χ2n) is 4.46. The number of hydrogen-bond donors (Lipinski definition) is 3. The summed E-state index contributed by atoms with van der Waals surface area (Å²) < 4.78 is 11.0. The molecule has 1 aromatic rings. The third-order valence-corrected chi connectivity index (χ3v) is 2.93. The Balaban J connectivity index is 2.16. The quantitative estimate of drug-likeness (QED) is 0.741. The summed E-state index contributed by atoms with van der Waals surface area (Å²) in [6.07, 6.45) is -0.547. The van der Waals surface area contributed by atoms with Gasteiger partial charge in [-0.1, -0.05) is 6.07 Å². The standard InChI is InChI=1S/C13H17NO5/c14-9(7-12(15)16)13(17)8-2-3-10-11(6-8)19-5-1-4-18-10/h2-3,6,9,13,17H,1,4-5,7,14H2,(H,15,16). The zero-order chi connectivity index (χ0) is 13.8. The van der Waals surface area contributed by atoms with E-state index in [1.54, 1.807) is 18.2 Å². The number of benzene rings is 1. The van der Waals surface area contributed by atoms with E-state index in [-0.39, 0.29) is 6.42 Å². The summed E-state index contributed by atoms with van der Waals surface area (Å²) in [4.78, 5) is 10.6. The molecule has 6 heteroatoms. The van der Waals surface area contributed by atoms with E-state index in [0.29, 0.717) is 30.3 Å². The van der Waals surface area contributed by atoms with Gasteiger partial charge in [0.25, 0.3) is 0 Å². The molecule has 1 heterocycles. The average Bonchev–Trinajstić information content (AvgIpc) is 2.61. The molecule has 0 amide bonds. The number of aliphatic hydroxyl groups excluding tert-OH is 1. The number of carbonyl (C=O) groups is 1. The Kier molecular flexibility index (Phi) is 4.24. The van der Waals surface area contributed by atoms with E-state index in [2.05, 4.69) is 0 Å². The van der Waals surface area contributed by atoms with Gasteiger partial charge in [-0.15, -0.1) is 0 Å². The summed E-state index contributed by atoms with van der Waals surface area (Å²) in [7, 11) is 0. The maximum Gasteiger partial charge on any atom is 0.305 e. The van der Waals surface area contributed by atoms with Gasteiger partial charge in [0.05, 0.1) is 25.7 Å². The molecular formula is C13H17NO5. The van der Waals surface area contributed by atoms with Crippen LogP contribution in [0.4, 0.5) is 0 Å². The van der Waals surface area contributed by atoms with Crippen molar-refractivity contribution in [3.8, 4) is 11.5 Å². The third kappa shape index (κ3) is 3.36. The largest absolute Gasteiger partial charge is 0.490 e. The van der Waals surface area contributed by atoms with E-state index in [9.17, 15) is 9.90 Å². The van der Waals surface area contributed by atoms with Crippen LogP contribution in [0.2, 0.25) is 0 Å². The highest BCUT2D eigenvalue weighted by molar-refractivity contribution is 5.67. The Hall–Kier alpha value is -1.79. The average molecular weight is 267 g/mol. The maximum absolute atomic E-state index is 10.6. The number of nitrogens with two attached hydrogens (primary N) is 1. The minimum absolute atomic E-state index is 0.296. The van der Waals surface area contributed by atoms with Crippen LogP contribution in [0.15, 0.2) is 18.2 Å². The lowest BCUT2D eigenvalue weighted by Crippen LogP contribution is -2.30. The van der Waals surface area contributed by atoms with E-state index < -0.39 is 18.1 Å². The number of carboxylic acids is 1. The molecule has 0 aromatic heterocycles. The highest BCUT2D eigenvalue weighted by atomic mass is 16.5. The molecule has 0 saturated heterocycles. The monoisotopic (exact) mass is 267 g/mol. The first-order valence-corrected chi connectivity index (χ1v) is 6.13. The lowest BCUT2D eigenvalue weighted by atomic mass is 10.00. The second-order valence-corrected chi connectivity index (χ2v) is 4.46. The number of aliphatic carboxylic acids is 1. The van der Waals surface area contributed by atoms with Crippen LogP contribution in [-0.2, 0) is 4.79 Å². The molecule has 4 N–H and O–H groups in total. The van der Waals surface area contributed by atoms with Crippen molar-refractivity contribution in [1.29, 1.82) is 0 Å². The van der Waals surface area contributed by atoms with Gasteiger partial charge in [0.1, 0.15) is 0 Å². The normalized spacial score (nSPS) is 17.4. The molecule has 104 valence electrons. The molecule has 2 atom stereocenters. The fraction of sp³-hybridized carbons (Fsp3) is 0.462. The van der Waals surface area contributed by atoms with Crippen LogP contribution in [0.1, 0.15) is 24.5 Å². The molecule has 0 saturated carbocycles. The summed E-state index contributed by atoms with van der Waals surface area (Å²) >= 11 is 0. The van der Waals surface area contributed by atoms with Gasteiger partial charge in [-0.3, -0.25) is 4.79 Å². The Morgan fingerprint density at radius 2 is 2.00 bits per heavy atom. The highest BCUT2D eigenvalue weighted by Crippen LogP contribution is 2.33. The minimum Gasteiger partial charge on any atom is -0.490 e. The Bertz CT molecular complexity index is 462. The van der Waals surface area contributed by atoms with Gasteiger partial charge >= 0.3 is 5.97 Å². The van der Waals surface area contributed by atoms with Crippen molar-refractivity contribution in [2.45, 2.75) is 25.0 Å². The first-order chi connectivity index (χ1) is 9.08. The molecule has 19 heavy (non-hydrogen) atoms. The van der Waals surface area contributed by atoms with Gasteiger partial charge in [-0.2, -0.15) is 0 Å². The zero-order valence-corrected chi connectivity index (χ0v) is 10.4. The second kappa shape index (κ2) is 5.90. The molecule has 6 nitrogen and oxygen atoms in total. The molecule has 0 bridgehead atoms. The lowest BCUT2D eigenvalue weighted by molar-refractivity contribution is -0.138. The summed E-state index contributed by atoms with van der Waals surface area (Å²) in [5.74, 6) is 0.137. The zero-order valence-electron chi connectivity index (χ0n) is 10.4. The van der Waals surface area contributed by atoms with Crippen LogP contribution < -0.4 is 15.2 Å². The highest BCUT2D eigenvalue weighted by Gasteiger charge is 2.21. The van der Waals surface area contributed by atoms with Gasteiger partial charge in [-0.25, -0.2) is 0 Å². The summed E-state index contributed by atoms with van der Waals surface area (Å²) in [5.41, 5.74) is 6.18. The lowest BCUT2D eigenvalue weighted by Gasteiger charge is -2.18. The van der Waals surface area contributed by atoms with E-state index in [1.807, 2.05) is 0 Å². The van der Waals surface area contributed by atoms with Crippen molar-refractivity contribution in [2.75, 3.05) is 13.2 Å². The number of aliphatic hydroxyl groups is 1. The van der Waals surface area contributed by atoms with Gasteiger partial charge in [0.15, 0.2) is 11.5 Å². The molecule has 0 aliphatic carbocycles. The summed E-state index contributed by atoms with van der Waals surface area (Å²) in [5, 5.41) is 18.7. The molecule has 2 unspecified atom stereocenters. The number of rotatable bonds is 4. The van der Waals surface area contributed by atoms with E-state index >= 15 is 0 Å². The van der Waals surface area contributed by atoms with Gasteiger partial charge in [0, 0.05) is 12.5 Å². The van der Waals surface area contributed by atoms with E-state index in [4.69, 9.17) is 20.3 Å². The molecule has 1 aliphatic heterocycles. The fourth-order valence-electron chi connectivity index (χ4n) is 1.92. The molecule has 0 fully saturated rings. The van der Waals surface area contributed by atoms with Crippen molar-refractivity contribution in [2.24, 2.45) is 5.73 Å². The Morgan fingerprint density at radius 1 is 1.32 bits per heavy atom. The van der Waals surface area contributed by atoms with Crippen LogP contribution in [0, 0.1) is 0 Å². The van der Waals surface area contributed by atoms with Crippen molar-refractivity contribution in [1.82, 2.24) is 0 Å². The van der Waals surface area contributed by atoms with E-state index in [0.717, 1.165) is 6.42 Å². The SMILES string of the molecule is NC(CC(=O)O)C(O)c1ccc2c(c1)OCCCO2. The smallest absolute Gasteiger partial charge is 0.305 e. The number of ether oxygens (including phenoxy) is 2. The molecule has 0 spiro atoms. The van der Waals surface area contributed by atoms with E-state index in [1.165, 1.54) is 0 Å². The van der Waals surface area contributed by atoms with Gasteiger partial charge in [0.2, 0.25) is 0 Å². The summed E-state index contributed by atoms with van der Waals surface area (Å²) in [6.45, 7) is 1.14. The molecule has 1 aliphatic rings. The predicted molar refractivity (Wildman–Crippen MR) is 67.2 cm³/mol. The Morgan fingerprint density at radius 3 is 2.68 bits per heavy atom. The van der Waals surface area contributed by atoms with Crippen molar-refractivity contribution >= 4 is 5.97 Å². The van der Waals surface area contributed by atoms with Crippen LogP contribution in [-0.4, -0.2) is 35.4 Å². The molecule has 1 aromatic carbocycles. The number of carboxylic acid groups (broad SMARTS) is 1. The minimum atomic E-state index is -1.05. The topological polar surface area (TPSA) is 102 Å². The molecular weight excluding hydrogens is 250 g/mol. The van der Waals surface area contributed by atoms with Crippen LogP contribution >= 0.6 is 0 Å². The number of fused-ring (bicyclic) bond motifs is 1. The van der Waals surface area contributed by atoms with Crippen molar-refractivity contribution < 1.29 is 24.5 Å². The van der Waals surface area contributed by atoms with Crippen LogP contribution in [0.3, 0.4) is 0 Å². The van der Waals surface area contributed by atoms with Crippen LogP contribution in [0.5, 0.6) is 11.5 Å². The maximum atomic E-state index is 10.6. The summed E-state index contributed by atoms with van der Waals surface area (Å²) in [6, 6.07) is 4.15. The van der Waals surface area contributed by atoms with Gasteiger partial charge in [-0.05, 0) is 17.7 Å². The molecule has 0 radical (unpaired) electrons. The first-order valence-electron chi connectivity index (χ1n) is 6.13. The van der Waals surface area contributed by atoms with Crippen LogP contribution in [0.25, 0.3) is 0 Å². The number of hydrogen-bond acceptors (Lipinski definition) is 5.